The number of Topliss-reactive ketones (excluding diaryl/α,β-unsaturated/α-hetero) is 1. The minimum atomic E-state index is -0.612. The van der Waals surface area contributed by atoms with Gasteiger partial charge < -0.3 is 4.74 Å². The fraction of sp³-hybridized carbons (Fsp3) is 0.250. The van der Waals surface area contributed by atoms with Gasteiger partial charge in [0.05, 0.1) is 17.1 Å². The number of allylic oxidation sites excluding steroid dienone is 1. The highest BCUT2D eigenvalue weighted by molar-refractivity contribution is 8.19. The van der Waals surface area contributed by atoms with Crippen LogP contribution in [0.5, 0.6) is 5.75 Å². The van der Waals surface area contributed by atoms with Crippen LogP contribution in [0, 0.1) is 5.41 Å². The van der Waals surface area contributed by atoms with Gasteiger partial charge in [0.1, 0.15) is 21.7 Å². The summed E-state index contributed by atoms with van der Waals surface area (Å²) in [7, 11) is 1.60. The minimum absolute atomic E-state index is 0.0929. The van der Waals surface area contributed by atoms with Crippen LogP contribution >= 0.6 is 23.1 Å². The van der Waals surface area contributed by atoms with Crippen LogP contribution in [0.1, 0.15) is 28.4 Å². The van der Waals surface area contributed by atoms with Crippen LogP contribution < -0.4 is 4.74 Å². The van der Waals surface area contributed by atoms with E-state index in [2.05, 4.69) is 10.2 Å². The van der Waals surface area contributed by atoms with Crippen molar-refractivity contribution in [3.05, 3.63) is 44.7 Å². The van der Waals surface area contributed by atoms with Crippen molar-refractivity contribution < 1.29 is 9.53 Å². The molecule has 0 saturated carbocycles. The lowest BCUT2D eigenvalue weighted by molar-refractivity contribution is -0.114. The van der Waals surface area contributed by atoms with Crippen LogP contribution in [0.4, 0.5) is 0 Å². The summed E-state index contributed by atoms with van der Waals surface area (Å²) in [5.74, 6) is -0.00367. The number of methoxy groups -OCH3 is 1. The number of aryl methyl sites for hydroxylation is 1. The SMILES string of the molecule is CCc1nnc([C@H]2C(=N)S/C(=C\c3ccccc3OC)C2=O)s1. The lowest BCUT2D eigenvalue weighted by Crippen LogP contribution is -2.11. The Morgan fingerprint density at radius 2 is 2.13 bits per heavy atom. The van der Waals surface area contributed by atoms with Gasteiger partial charge in [-0.2, -0.15) is 0 Å². The first-order chi connectivity index (χ1) is 11.1. The molecule has 1 atom stereocenters. The molecule has 2 heterocycles. The molecule has 2 aromatic rings. The van der Waals surface area contributed by atoms with Crippen molar-refractivity contribution in [3.8, 4) is 5.75 Å². The Morgan fingerprint density at radius 3 is 2.83 bits per heavy atom. The summed E-state index contributed by atoms with van der Waals surface area (Å²) < 4.78 is 5.31. The summed E-state index contributed by atoms with van der Waals surface area (Å²) in [6, 6.07) is 7.50. The van der Waals surface area contributed by atoms with Crippen LogP contribution in [-0.2, 0) is 11.2 Å². The standard InChI is InChI=1S/C16H15N3O2S2/c1-3-12-18-19-16(23-12)13-14(20)11(22-15(13)17)8-9-6-4-5-7-10(9)21-2/h4-8,13,17H,3H2,1-2H3/b11-8-,17-15?/t13-/m1/s1. The highest BCUT2D eigenvalue weighted by Crippen LogP contribution is 2.42. The number of hydrogen-bond acceptors (Lipinski definition) is 7. The smallest absolute Gasteiger partial charge is 0.186 e. The van der Waals surface area contributed by atoms with Gasteiger partial charge in [-0.25, -0.2) is 0 Å². The van der Waals surface area contributed by atoms with E-state index in [0.717, 1.165) is 17.0 Å². The fourth-order valence-corrected chi connectivity index (χ4v) is 4.21. The maximum Gasteiger partial charge on any atom is 0.186 e. The number of aromatic nitrogens is 2. The first kappa shape index (κ1) is 15.9. The average molecular weight is 345 g/mol. The largest absolute Gasteiger partial charge is 0.496 e. The molecule has 1 aromatic heterocycles. The molecule has 0 bridgehead atoms. The molecule has 1 aromatic carbocycles. The summed E-state index contributed by atoms with van der Waals surface area (Å²) in [5.41, 5.74) is 0.825. The van der Waals surface area contributed by atoms with Crippen molar-refractivity contribution in [2.45, 2.75) is 19.3 Å². The number of nitrogens with one attached hydrogen (secondary N) is 1. The van der Waals surface area contributed by atoms with Crippen molar-refractivity contribution in [3.63, 3.8) is 0 Å². The molecule has 1 N–H and O–H groups in total. The van der Waals surface area contributed by atoms with Gasteiger partial charge in [-0.1, -0.05) is 36.9 Å². The molecule has 118 valence electrons. The molecule has 0 unspecified atom stereocenters. The monoisotopic (exact) mass is 345 g/mol. The van der Waals surface area contributed by atoms with E-state index in [9.17, 15) is 4.79 Å². The van der Waals surface area contributed by atoms with E-state index in [-0.39, 0.29) is 5.78 Å². The minimum Gasteiger partial charge on any atom is -0.496 e. The van der Waals surface area contributed by atoms with E-state index in [4.69, 9.17) is 10.1 Å². The second-order valence-electron chi connectivity index (χ2n) is 4.90. The third-order valence-electron chi connectivity index (χ3n) is 3.44. The first-order valence-electron chi connectivity index (χ1n) is 7.11. The van der Waals surface area contributed by atoms with Crippen LogP contribution in [0.25, 0.3) is 6.08 Å². The van der Waals surface area contributed by atoms with Crippen molar-refractivity contribution >= 4 is 40.0 Å². The zero-order valence-corrected chi connectivity index (χ0v) is 14.3. The average Bonchev–Trinajstić information content (AvgIpc) is 3.13. The van der Waals surface area contributed by atoms with Gasteiger partial charge in [0.25, 0.3) is 0 Å². The summed E-state index contributed by atoms with van der Waals surface area (Å²) >= 11 is 2.59. The van der Waals surface area contributed by atoms with Gasteiger partial charge >= 0.3 is 0 Å². The Morgan fingerprint density at radius 1 is 1.35 bits per heavy atom. The number of hydrogen-bond donors (Lipinski definition) is 1. The van der Waals surface area contributed by atoms with E-state index in [1.807, 2.05) is 31.2 Å². The third-order valence-corrected chi connectivity index (χ3v) is 5.57. The van der Waals surface area contributed by atoms with E-state index in [0.29, 0.717) is 20.7 Å². The van der Waals surface area contributed by atoms with E-state index >= 15 is 0 Å². The molecule has 7 heteroatoms. The lowest BCUT2D eigenvalue weighted by atomic mass is 10.0. The number of benzene rings is 1. The molecule has 1 saturated heterocycles. The molecule has 1 fully saturated rings. The van der Waals surface area contributed by atoms with Crippen molar-refractivity contribution in [2.24, 2.45) is 0 Å². The second-order valence-corrected chi connectivity index (χ2v) is 7.08. The molecule has 0 radical (unpaired) electrons. The van der Waals surface area contributed by atoms with E-state index < -0.39 is 5.92 Å². The molecule has 1 aliphatic rings. The maximum absolute atomic E-state index is 12.7. The van der Waals surface area contributed by atoms with Gasteiger partial charge in [0, 0.05) is 5.56 Å². The summed E-state index contributed by atoms with van der Waals surface area (Å²) in [4.78, 5) is 13.2. The zero-order valence-electron chi connectivity index (χ0n) is 12.7. The van der Waals surface area contributed by atoms with Gasteiger partial charge in [0.2, 0.25) is 0 Å². The van der Waals surface area contributed by atoms with E-state index in [1.54, 1.807) is 13.2 Å². The summed E-state index contributed by atoms with van der Waals surface area (Å²) in [6.07, 6.45) is 2.56. The highest BCUT2D eigenvalue weighted by atomic mass is 32.2. The van der Waals surface area contributed by atoms with Crippen LogP contribution in [0.3, 0.4) is 0 Å². The zero-order chi connectivity index (χ0) is 16.4. The summed E-state index contributed by atoms with van der Waals surface area (Å²) in [5, 5.41) is 18.1. The van der Waals surface area contributed by atoms with Crippen molar-refractivity contribution in [1.82, 2.24) is 10.2 Å². The number of para-hydroxylation sites is 1. The Balaban J connectivity index is 1.93. The van der Waals surface area contributed by atoms with Gasteiger partial charge in [-0.05, 0) is 18.6 Å². The van der Waals surface area contributed by atoms with Crippen LogP contribution in [-0.4, -0.2) is 28.1 Å². The molecule has 0 amide bonds. The van der Waals surface area contributed by atoms with Crippen LogP contribution in [0.15, 0.2) is 29.2 Å². The lowest BCUT2D eigenvalue weighted by Gasteiger charge is -2.04. The fourth-order valence-electron chi connectivity index (χ4n) is 2.27. The normalized spacial score (nSPS) is 19.6. The molecular weight excluding hydrogens is 330 g/mol. The predicted octanol–water partition coefficient (Wildman–Crippen LogP) is 3.53. The van der Waals surface area contributed by atoms with Crippen LogP contribution in [0.2, 0.25) is 0 Å². The Hall–Kier alpha value is -1.99. The molecule has 23 heavy (non-hydrogen) atoms. The number of nitrogens with zero attached hydrogens (tertiary/aromatic N) is 2. The predicted molar refractivity (Wildman–Crippen MR) is 93.3 cm³/mol. The number of carbonyl (C=O) groups excluding carboxylic acids is 1. The summed E-state index contributed by atoms with van der Waals surface area (Å²) in [6.45, 7) is 1.99. The quantitative estimate of drug-likeness (QED) is 0.858. The molecule has 1 aliphatic heterocycles. The van der Waals surface area contributed by atoms with Gasteiger partial charge in [-0.3, -0.25) is 10.2 Å². The molecular formula is C16H15N3O2S2. The molecule has 0 aliphatic carbocycles. The second kappa shape index (κ2) is 6.64. The maximum atomic E-state index is 12.7. The Bertz CT molecular complexity index is 798. The molecule has 5 nitrogen and oxygen atoms in total. The van der Waals surface area contributed by atoms with Crippen molar-refractivity contribution in [2.75, 3.05) is 7.11 Å². The first-order valence-corrected chi connectivity index (χ1v) is 8.74. The highest BCUT2D eigenvalue weighted by Gasteiger charge is 2.39. The van der Waals surface area contributed by atoms with Crippen molar-refractivity contribution in [1.29, 1.82) is 5.41 Å². The molecule has 3 rings (SSSR count). The van der Waals surface area contributed by atoms with E-state index in [1.165, 1.54) is 23.1 Å². The number of ether oxygens (including phenoxy) is 1. The number of rotatable bonds is 4. The number of ketones is 1. The van der Waals surface area contributed by atoms with Gasteiger partial charge in [-0.15, -0.1) is 21.5 Å². The third kappa shape index (κ3) is 3.07. The van der Waals surface area contributed by atoms with Gasteiger partial charge in [0.15, 0.2) is 5.78 Å². The Kier molecular flexibility index (Phi) is 4.58. The topological polar surface area (TPSA) is 75.9 Å². The molecule has 0 spiro atoms. The number of carbonyl (C=O) groups is 1. The Labute approximate surface area is 142 Å². The number of thioether (sulfide) groups is 1.